The Hall–Kier alpha value is -2.17. The van der Waals surface area contributed by atoms with Crippen molar-refractivity contribution in [2.75, 3.05) is 5.32 Å². The molecule has 5 heteroatoms. The Labute approximate surface area is 156 Å². The van der Waals surface area contributed by atoms with Crippen molar-refractivity contribution in [1.82, 2.24) is 4.98 Å². The molecular weight excluding hydrogens is 352 g/mol. The zero-order valence-electron chi connectivity index (χ0n) is 14.4. The summed E-state index contributed by atoms with van der Waals surface area (Å²) in [5.74, 6) is -0.120. The summed E-state index contributed by atoms with van der Waals surface area (Å²) in [7, 11) is 0. The molecule has 0 saturated heterocycles. The SMILES string of the molecule is Cc1cc(C)c(-c2csc(NC(=O)Cc3ccccc3Cl)n2)cc1C. The van der Waals surface area contributed by atoms with Gasteiger partial charge >= 0.3 is 0 Å². The van der Waals surface area contributed by atoms with Crippen LogP contribution in [0.15, 0.2) is 41.8 Å². The van der Waals surface area contributed by atoms with Gasteiger partial charge in [-0.25, -0.2) is 4.98 Å². The second-order valence-electron chi connectivity index (χ2n) is 6.11. The highest BCUT2D eigenvalue weighted by Crippen LogP contribution is 2.29. The van der Waals surface area contributed by atoms with Gasteiger partial charge in [-0.2, -0.15) is 0 Å². The predicted molar refractivity (Wildman–Crippen MR) is 106 cm³/mol. The number of hydrogen-bond donors (Lipinski definition) is 1. The van der Waals surface area contributed by atoms with E-state index in [4.69, 9.17) is 11.6 Å². The number of aryl methyl sites for hydroxylation is 3. The summed E-state index contributed by atoms with van der Waals surface area (Å²) in [5.41, 5.74) is 6.48. The molecule has 0 aliphatic carbocycles. The van der Waals surface area contributed by atoms with E-state index in [1.54, 1.807) is 6.07 Å². The number of nitrogens with one attached hydrogen (secondary N) is 1. The summed E-state index contributed by atoms with van der Waals surface area (Å²) in [6.07, 6.45) is 0.233. The Bertz CT molecular complexity index is 933. The highest BCUT2D eigenvalue weighted by atomic mass is 35.5. The van der Waals surface area contributed by atoms with E-state index in [1.807, 2.05) is 23.6 Å². The number of nitrogens with zero attached hydrogens (tertiary/aromatic N) is 1. The van der Waals surface area contributed by atoms with Gasteiger partial charge in [-0.15, -0.1) is 11.3 Å². The molecule has 0 atom stereocenters. The molecule has 3 nitrogen and oxygen atoms in total. The fourth-order valence-corrected chi connectivity index (χ4v) is 3.60. The van der Waals surface area contributed by atoms with E-state index in [-0.39, 0.29) is 12.3 Å². The third kappa shape index (κ3) is 4.09. The second-order valence-corrected chi connectivity index (χ2v) is 7.37. The van der Waals surface area contributed by atoms with E-state index in [0.29, 0.717) is 10.2 Å². The maximum absolute atomic E-state index is 12.2. The lowest BCUT2D eigenvalue weighted by molar-refractivity contribution is -0.115. The van der Waals surface area contributed by atoms with Gasteiger partial charge in [0.15, 0.2) is 5.13 Å². The van der Waals surface area contributed by atoms with E-state index in [1.165, 1.54) is 28.0 Å². The Kier molecular flexibility index (Phi) is 5.21. The molecule has 25 heavy (non-hydrogen) atoms. The first-order chi connectivity index (χ1) is 11.9. The van der Waals surface area contributed by atoms with Crippen LogP contribution in [0.2, 0.25) is 5.02 Å². The molecule has 3 rings (SSSR count). The number of carbonyl (C=O) groups is 1. The number of halogens is 1. The van der Waals surface area contributed by atoms with Crippen LogP contribution >= 0.6 is 22.9 Å². The van der Waals surface area contributed by atoms with Crippen molar-refractivity contribution in [3.05, 3.63) is 69.1 Å². The summed E-state index contributed by atoms with van der Waals surface area (Å²) in [6, 6.07) is 11.7. The topological polar surface area (TPSA) is 42.0 Å². The van der Waals surface area contributed by atoms with Gasteiger partial charge in [-0.05, 0) is 55.2 Å². The standard InChI is InChI=1S/C20H19ClN2OS/c1-12-8-14(3)16(9-13(12)2)18-11-25-20(22-18)23-19(24)10-15-6-4-5-7-17(15)21/h4-9,11H,10H2,1-3H3,(H,22,23,24). The van der Waals surface area contributed by atoms with Crippen LogP contribution in [-0.2, 0) is 11.2 Å². The number of benzene rings is 2. The van der Waals surface area contributed by atoms with E-state index in [0.717, 1.165) is 16.8 Å². The first-order valence-electron chi connectivity index (χ1n) is 8.01. The Morgan fingerprint density at radius 1 is 1.12 bits per heavy atom. The van der Waals surface area contributed by atoms with Crippen molar-refractivity contribution in [2.45, 2.75) is 27.2 Å². The first-order valence-corrected chi connectivity index (χ1v) is 9.27. The van der Waals surface area contributed by atoms with Crippen molar-refractivity contribution < 1.29 is 4.79 Å². The number of hydrogen-bond acceptors (Lipinski definition) is 3. The average molecular weight is 371 g/mol. The molecule has 0 spiro atoms. The van der Waals surface area contributed by atoms with Gasteiger partial charge < -0.3 is 5.32 Å². The Morgan fingerprint density at radius 2 is 1.84 bits per heavy atom. The normalized spacial score (nSPS) is 10.7. The molecular formula is C20H19ClN2OS. The van der Waals surface area contributed by atoms with Gasteiger partial charge in [0.2, 0.25) is 5.91 Å². The summed E-state index contributed by atoms with van der Waals surface area (Å²) in [6.45, 7) is 6.28. The van der Waals surface area contributed by atoms with Gasteiger partial charge in [0.25, 0.3) is 0 Å². The highest BCUT2D eigenvalue weighted by Gasteiger charge is 2.12. The quantitative estimate of drug-likeness (QED) is 0.652. The number of carbonyl (C=O) groups excluding carboxylic acids is 1. The number of aromatic nitrogens is 1. The molecule has 0 fully saturated rings. The molecule has 2 aromatic carbocycles. The van der Waals surface area contributed by atoms with Crippen LogP contribution in [0, 0.1) is 20.8 Å². The fraction of sp³-hybridized carbons (Fsp3) is 0.200. The molecule has 0 aliphatic rings. The van der Waals surface area contributed by atoms with E-state index in [9.17, 15) is 4.79 Å². The van der Waals surface area contributed by atoms with Crippen LogP contribution in [-0.4, -0.2) is 10.9 Å². The lowest BCUT2D eigenvalue weighted by atomic mass is 9.99. The zero-order chi connectivity index (χ0) is 18.0. The lowest BCUT2D eigenvalue weighted by Crippen LogP contribution is -2.14. The fourth-order valence-electron chi connectivity index (χ4n) is 2.67. The third-order valence-corrected chi connectivity index (χ3v) is 5.30. The predicted octanol–water partition coefficient (Wildman–Crippen LogP) is 5.57. The van der Waals surface area contributed by atoms with Crippen LogP contribution in [0.3, 0.4) is 0 Å². The molecule has 1 heterocycles. The molecule has 1 amide bonds. The molecule has 0 unspecified atom stereocenters. The van der Waals surface area contributed by atoms with Crippen molar-refractivity contribution in [3.63, 3.8) is 0 Å². The van der Waals surface area contributed by atoms with E-state index >= 15 is 0 Å². The van der Waals surface area contributed by atoms with Crippen LogP contribution in [0.5, 0.6) is 0 Å². The molecule has 0 saturated carbocycles. The summed E-state index contributed by atoms with van der Waals surface area (Å²) < 4.78 is 0. The molecule has 0 aliphatic heterocycles. The number of rotatable bonds is 4. The van der Waals surface area contributed by atoms with Gasteiger partial charge in [0.1, 0.15) is 0 Å². The zero-order valence-corrected chi connectivity index (χ0v) is 16.0. The first kappa shape index (κ1) is 17.6. The number of amides is 1. The Balaban J connectivity index is 1.75. The molecule has 0 bridgehead atoms. The van der Waals surface area contributed by atoms with Gasteiger partial charge in [0.05, 0.1) is 12.1 Å². The van der Waals surface area contributed by atoms with Crippen molar-refractivity contribution in [3.8, 4) is 11.3 Å². The van der Waals surface area contributed by atoms with E-state index in [2.05, 4.69) is 43.2 Å². The van der Waals surface area contributed by atoms with Crippen molar-refractivity contribution in [1.29, 1.82) is 0 Å². The smallest absolute Gasteiger partial charge is 0.230 e. The maximum atomic E-state index is 12.2. The largest absolute Gasteiger partial charge is 0.302 e. The van der Waals surface area contributed by atoms with Crippen molar-refractivity contribution >= 4 is 34.0 Å². The minimum Gasteiger partial charge on any atom is -0.302 e. The summed E-state index contributed by atoms with van der Waals surface area (Å²) in [4.78, 5) is 16.8. The molecule has 1 N–H and O–H groups in total. The van der Waals surface area contributed by atoms with Gasteiger partial charge in [0, 0.05) is 16.0 Å². The average Bonchev–Trinajstić information content (AvgIpc) is 3.01. The number of anilines is 1. The third-order valence-electron chi connectivity index (χ3n) is 4.18. The van der Waals surface area contributed by atoms with E-state index < -0.39 is 0 Å². The van der Waals surface area contributed by atoms with Crippen molar-refractivity contribution in [2.24, 2.45) is 0 Å². The molecule has 3 aromatic rings. The Morgan fingerprint density at radius 3 is 2.60 bits per heavy atom. The number of thiazole rings is 1. The maximum Gasteiger partial charge on any atom is 0.230 e. The molecule has 1 aromatic heterocycles. The highest BCUT2D eigenvalue weighted by molar-refractivity contribution is 7.14. The molecule has 128 valence electrons. The summed E-state index contributed by atoms with van der Waals surface area (Å²) >= 11 is 7.54. The lowest BCUT2D eigenvalue weighted by Gasteiger charge is -2.07. The second kappa shape index (κ2) is 7.38. The minimum absolute atomic E-state index is 0.120. The summed E-state index contributed by atoms with van der Waals surface area (Å²) in [5, 5.41) is 6.04. The monoisotopic (exact) mass is 370 g/mol. The van der Waals surface area contributed by atoms with Gasteiger partial charge in [-0.1, -0.05) is 35.9 Å². The van der Waals surface area contributed by atoms with Crippen LogP contribution in [0.1, 0.15) is 22.3 Å². The molecule has 0 radical (unpaired) electrons. The van der Waals surface area contributed by atoms with Gasteiger partial charge in [-0.3, -0.25) is 4.79 Å². The van der Waals surface area contributed by atoms with Crippen LogP contribution < -0.4 is 5.32 Å². The van der Waals surface area contributed by atoms with Crippen LogP contribution in [0.4, 0.5) is 5.13 Å². The minimum atomic E-state index is -0.120. The van der Waals surface area contributed by atoms with Crippen LogP contribution in [0.25, 0.3) is 11.3 Å².